The first-order valence-corrected chi connectivity index (χ1v) is 8.13. The summed E-state index contributed by atoms with van der Waals surface area (Å²) in [6, 6.07) is 17.8. The molecule has 1 atom stereocenters. The molecule has 0 spiro atoms. The molecule has 0 aliphatic carbocycles. The number of halogens is 1. The predicted molar refractivity (Wildman–Crippen MR) is 90.9 cm³/mol. The average molecular weight is 332 g/mol. The fourth-order valence-electron chi connectivity index (χ4n) is 2.42. The van der Waals surface area contributed by atoms with Gasteiger partial charge < -0.3 is 5.32 Å². The Labute approximate surface area is 130 Å². The van der Waals surface area contributed by atoms with E-state index in [0.29, 0.717) is 6.04 Å². The zero-order valence-corrected chi connectivity index (χ0v) is 13.8. The minimum atomic E-state index is 0.446. The topological polar surface area (TPSA) is 12.0 Å². The van der Waals surface area contributed by atoms with Crippen molar-refractivity contribution in [3.8, 4) is 11.1 Å². The van der Waals surface area contributed by atoms with Gasteiger partial charge in [0.05, 0.1) is 0 Å². The van der Waals surface area contributed by atoms with Crippen molar-refractivity contribution in [1.82, 2.24) is 5.32 Å². The Morgan fingerprint density at radius 3 is 2.35 bits per heavy atom. The average Bonchev–Trinajstić information content (AvgIpc) is 2.48. The summed E-state index contributed by atoms with van der Waals surface area (Å²) in [7, 11) is 0. The highest BCUT2D eigenvalue weighted by molar-refractivity contribution is 9.10. The number of hydrogen-bond donors (Lipinski definition) is 1. The third kappa shape index (κ3) is 3.94. The highest BCUT2D eigenvalue weighted by atomic mass is 79.9. The van der Waals surface area contributed by atoms with Crippen LogP contribution >= 0.6 is 15.9 Å². The van der Waals surface area contributed by atoms with Crippen molar-refractivity contribution in [2.45, 2.75) is 32.7 Å². The minimum Gasteiger partial charge on any atom is -0.310 e. The summed E-state index contributed by atoms with van der Waals surface area (Å²) >= 11 is 3.54. The molecule has 0 aliphatic rings. The van der Waals surface area contributed by atoms with Crippen molar-refractivity contribution < 1.29 is 0 Å². The van der Waals surface area contributed by atoms with Crippen LogP contribution in [0.1, 0.15) is 38.3 Å². The van der Waals surface area contributed by atoms with Crippen molar-refractivity contribution in [3.05, 3.63) is 58.6 Å². The van der Waals surface area contributed by atoms with Gasteiger partial charge in [-0.05, 0) is 54.3 Å². The molecule has 2 aromatic carbocycles. The van der Waals surface area contributed by atoms with Gasteiger partial charge in [0.15, 0.2) is 0 Å². The quantitative estimate of drug-likeness (QED) is 0.729. The molecule has 0 aliphatic heterocycles. The molecule has 0 saturated carbocycles. The molecule has 2 rings (SSSR count). The molecule has 0 amide bonds. The van der Waals surface area contributed by atoms with E-state index in [9.17, 15) is 0 Å². The number of benzene rings is 2. The molecule has 106 valence electrons. The normalized spacial score (nSPS) is 12.3. The monoisotopic (exact) mass is 331 g/mol. The first kappa shape index (κ1) is 15.3. The van der Waals surface area contributed by atoms with Crippen LogP contribution in [0.4, 0.5) is 0 Å². The van der Waals surface area contributed by atoms with Gasteiger partial charge in [0.25, 0.3) is 0 Å². The molecule has 1 unspecified atom stereocenters. The van der Waals surface area contributed by atoms with Gasteiger partial charge in [0.2, 0.25) is 0 Å². The van der Waals surface area contributed by atoms with E-state index >= 15 is 0 Å². The third-order valence-corrected chi connectivity index (χ3v) is 3.99. The molecule has 2 heteroatoms. The van der Waals surface area contributed by atoms with Gasteiger partial charge in [-0.15, -0.1) is 0 Å². The molecule has 1 nitrogen and oxygen atoms in total. The van der Waals surface area contributed by atoms with E-state index < -0.39 is 0 Å². The van der Waals surface area contributed by atoms with E-state index in [1.807, 2.05) is 0 Å². The molecular weight excluding hydrogens is 310 g/mol. The lowest BCUT2D eigenvalue weighted by atomic mass is 9.98. The van der Waals surface area contributed by atoms with Crippen LogP contribution in [-0.4, -0.2) is 6.54 Å². The first-order chi connectivity index (χ1) is 9.74. The summed E-state index contributed by atoms with van der Waals surface area (Å²) in [5.74, 6) is 0. The fraction of sp³-hybridized carbons (Fsp3) is 0.333. The van der Waals surface area contributed by atoms with E-state index in [0.717, 1.165) is 17.4 Å². The molecule has 0 fully saturated rings. The first-order valence-electron chi connectivity index (χ1n) is 7.34. The van der Waals surface area contributed by atoms with Crippen LogP contribution in [0.2, 0.25) is 0 Å². The largest absolute Gasteiger partial charge is 0.310 e. The molecule has 0 radical (unpaired) electrons. The van der Waals surface area contributed by atoms with Gasteiger partial charge in [0.1, 0.15) is 0 Å². The van der Waals surface area contributed by atoms with Gasteiger partial charge in [-0.25, -0.2) is 0 Å². The SMILES string of the molecule is CCCNC(CC)c1cccc(-c2cccc(Br)c2)c1. The number of rotatable bonds is 6. The molecule has 0 bridgehead atoms. The number of hydrogen-bond acceptors (Lipinski definition) is 1. The lowest BCUT2D eigenvalue weighted by molar-refractivity contribution is 0.518. The zero-order chi connectivity index (χ0) is 14.4. The molecule has 0 heterocycles. The second-order valence-corrected chi connectivity index (χ2v) is 5.97. The van der Waals surface area contributed by atoms with E-state index in [2.05, 4.69) is 83.6 Å². The van der Waals surface area contributed by atoms with Crippen LogP contribution in [0.25, 0.3) is 11.1 Å². The number of nitrogens with one attached hydrogen (secondary N) is 1. The van der Waals surface area contributed by atoms with Crippen molar-refractivity contribution >= 4 is 15.9 Å². The van der Waals surface area contributed by atoms with E-state index in [1.54, 1.807) is 0 Å². The molecular formula is C18H22BrN. The van der Waals surface area contributed by atoms with Crippen LogP contribution in [0.3, 0.4) is 0 Å². The molecule has 1 N–H and O–H groups in total. The van der Waals surface area contributed by atoms with Gasteiger partial charge >= 0.3 is 0 Å². The minimum absolute atomic E-state index is 0.446. The van der Waals surface area contributed by atoms with Crippen LogP contribution in [0.5, 0.6) is 0 Å². The maximum Gasteiger partial charge on any atom is 0.0317 e. The highest BCUT2D eigenvalue weighted by Gasteiger charge is 2.09. The summed E-state index contributed by atoms with van der Waals surface area (Å²) in [6.07, 6.45) is 2.28. The Bertz CT molecular complexity index is 551. The summed E-state index contributed by atoms with van der Waals surface area (Å²) < 4.78 is 1.12. The van der Waals surface area contributed by atoms with E-state index in [-0.39, 0.29) is 0 Å². The lowest BCUT2D eigenvalue weighted by Gasteiger charge is -2.18. The molecule has 2 aromatic rings. The predicted octanol–water partition coefficient (Wildman–Crippen LogP) is 5.57. The molecule has 0 saturated heterocycles. The fourth-order valence-corrected chi connectivity index (χ4v) is 2.82. The van der Waals surface area contributed by atoms with Gasteiger partial charge in [-0.3, -0.25) is 0 Å². The smallest absolute Gasteiger partial charge is 0.0317 e. The summed E-state index contributed by atoms with van der Waals surface area (Å²) in [5.41, 5.74) is 3.91. The van der Waals surface area contributed by atoms with Crippen LogP contribution < -0.4 is 5.32 Å². The second-order valence-electron chi connectivity index (χ2n) is 5.05. The summed E-state index contributed by atoms with van der Waals surface area (Å²) in [6.45, 7) is 5.51. The van der Waals surface area contributed by atoms with Crippen LogP contribution in [0, 0.1) is 0 Å². The van der Waals surface area contributed by atoms with Gasteiger partial charge in [-0.1, -0.05) is 60.1 Å². The Balaban J connectivity index is 2.27. The van der Waals surface area contributed by atoms with Crippen LogP contribution in [0.15, 0.2) is 53.0 Å². The zero-order valence-electron chi connectivity index (χ0n) is 12.2. The van der Waals surface area contributed by atoms with Gasteiger partial charge in [-0.2, -0.15) is 0 Å². The van der Waals surface area contributed by atoms with Crippen molar-refractivity contribution in [2.75, 3.05) is 6.54 Å². The third-order valence-electron chi connectivity index (χ3n) is 3.50. The Kier molecular flexibility index (Phi) is 5.81. The van der Waals surface area contributed by atoms with E-state index in [1.165, 1.54) is 23.1 Å². The Morgan fingerprint density at radius 1 is 1.00 bits per heavy atom. The van der Waals surface area contributed by atoms with Crippen LogP contribution in [-0.2, 0) is 0 Å². The lowest BCUT2D eigenvalue weighted by Crippen LogP contribution is -2.21. The van der Waals surface area contributed by atoms with Crippen molar-refractivity contribution in [3.63, 3.8) is 0 Å². The maximum absolute atomic E-state index is 3.62. The Hall–Kier alpha value is -1.12. The standard InChI is InChI=1S/C18H22BrN/c1-3-11-20-18(4-2)16-9-5-7-14(12-16)15-8-6-10-17(19)13-15/h5-10,12-13,18,20H,3-4,11H2,1-2H3. The van der Waals surface area contributed by atoms with Crippen molar-refractivity contribution in [2.24, 2.45) is 0 Å². The Morgan fingerprint density at radius 2 is 1.70 bits per heavy atom. The summed E-state index contributed by atoms with van der Waals surface area (Å²) in [4.78, 5) is 0. The second kappa shape index (κ2) is 7.61. The molecule has 20 heavy (non-hydrogen) atoms. The van der Waals surface area contributed by atoms with E-state index in [4.69, 9.17) is 0 Å². The summed E-state index contributed by atoms with van der Waals surface area (Å²) in [5, 5.41) is 3.62. The van der Waals surface area contributed by atoms with Gasteiger partial charge in [0, 0.05) is 10.5 Å². The molecule has 0 aromatic heterocycles. The maximum atomic E-state index is 3.62. The van der Waals surface area contributed by atoms with Crippen molar-refractivity contribution in [1.29, 1.82) is 0 Å². The highest BCUT2D eigenvalue weighted by Crippen LogP contribution is 2.26.